The molecule has 8 heteroatoms. The Morgan fingerprint density at radius 2 is 1.66 bits per heavy atom. The summed E-state index contributed by atoms with van der Waals surface area (Å²) in [5.74, 6) is -0.621. The molecule has 1 aromatic carbocycles. The Hall–Kier alpha value is -2.22. The number of amides is 2. The van der Waals surface area contributed by atoms with Gasteiger partial charge in [-0.25, -0.2) is 0 Å². The number of methoxy groups -OCH3 is 1. The summed E-state index contributed by atoms with van der Waals surface area (Å²) in [7, 11) is 3.12. The number of carbonyl (C=O) groups excluding carboxylic acids is 3. The minimum atomic E-state index is -0.752. The number of benzene rings is 1. The van der Waals surface area contributed by atoms with Crippen molar-refractivity contribution >= 4 is 30.4 Å². The summed E-state index contributed by atoms with van der Waals surface area (Å²) in [5, 5.41) is 4.95. The van der Waals surface area contributed by atoms with E-state index in [9.17, 15) is 14.4 Å². The van der Waals surface area contributed by atoms with Crippen molar-refractivity contribution in [3.05, 3.63) is 29.8 Å². The number of likely N-dealkylation sites (N-methyl/N-ethyl adjacent to an activating group) is 1. The number of rotatable bonds is 11. The molecular weight excluding hydrogens is 428 g/mol. The van der Waals surface area contributed by atoms with Crippen molar-refractivity contribution < 1.29 is 23.9 Å². The Morgan fingerprint density at radius 3 is 2.12 bits per heavy atom. The number of hydrogen-bond donors (Lipinski definition) is 3. The number of hydrogen-bond acceptors (Lipinski definition) is 6. The third kappa shape index (κ3) is 9.94. The zero-order chi connectivity index (χ0) is 24.5. The number of nitrogens with one attached hydrogen (secondary N) is 2. The molecule has 180 valence electrons. The Bertz CT molecular complexity index is 759. The van der Waals surface area contributed by atoms with Crippen LogP contribution in [0.15, 0.2) is 24.3 Å². The van der Waals surface area contributed by atoms with Gasteiger partial charge in [0, 0.05) is 18.7 Å². The highest BCUT2D eigenvalue weighted by molar-refractivity contribution is 7.81. The third-order valence-corrected chi connectivity index (χ3v) is 5.34. The van der Waals surface area contributed by atoms with E-state index in [1.807, 2.05) is 38.1 Å². The molecule has 0 aliphatic rings. The van der Waals surface area contributed by atoms with E-state index in [0.717, 1.165) is 5.56 Å². The van der Waals surface area contributed by atoms with Crippen LogP contribution in [0, 0.1) is 11.8 Å². The first kappa shape index (κ1) is 27.8. The average molecular weight is 467 g/mol. The molecule has 3 atom stereocenters. The Labute approximate surface area is 197 Å². The summed E-state index contributed by atoms with van der Waals surface area (Å²) in [6.07, 6.45) is 0.868. The predicted octanol–water partition coefficient (Wildman–Crippen LogP) is 3.16. The Morgan fingerprint density at radius 1 is 1.06 bits per heavy atom. The molecule has 0 heterocycles. The van der Waals surface area contributed by atoms with Crippen molar-refractivity contribution in [1.82, 2.24) is 10.6 Å². The molecule has 0 saturated carbocycles. The molecular formula is C24H38N2O5S. The fraction of sp³-hybridized carbons (Fsp3) is 0.625. The van der Waals surface area contributed by atoms with Gasteiger partial charge in [-0.1, -0.05) is 26.0 Å². The summed E-state index contributed by atoms with van der Waals surface area (Å²) < 4.78 is 10.6. The monoisotopic (exact) mass is 466 g/mol. The summed E-state index contributed by atoms with van der Waals surface area (Å²) in [6, 6.07) is 6.58. The molecule has 0 saturated heterocycles. The van der Waals surface area contributed by atoms with E-state index in [2.05, 4.69) is 23.3 Å². The van der Waals surface area contributed by atoms with Gasteiger partial charge in [0.25, 0.3) is 0 Å². The van der Waals surface area contributed by atoms with Gasteiger partial charge in [0.15, 0.2) is 0 Å². The lowest BCUT2D eigenvalue weighted by atomic mass is 9.91. The molecule has 32 heavy (non-hydrogen) atoms. The van der Waals surface area contributed by atoms with Crippen molar-refractivity contribution in [1.29, 1.82) is 0 Å². The van der Waals surface area contributed by atoms with Gasteiger partial charge >= 0.3 is 5.97 Å². The fourth-order valence-corrected chi connectivity index (χ4v) is 3.71. The summed E-state index contributed by atoms with van der Waals surface area (Å²) >= 11 is 4.57. The SMILES string of the molecule is CNC(=O)[C@H](Cc1ccc(OC)cc1)NC(=O)[C@H](CC(C)C)[C@@H](S)CC(=O)OC(C)(C)C. The first-order valence-electron chi connectivity index (χ1n) is 10.9. The van der Waals surface area contributed by atoms with Crippen LogP contribution in [-0.2, 0) is 25.5 Å². The zero-order valence-corrected chi connectivity index (χ0v) is 21.1. The van der Waals surface area contributed by atoms with Gasteiger partial charge in [-0.05, 0) is 50.8 Å². The lowest BCUT2D eigenvalue weighted by Crippen LogP contribution is -2.50. The van der Waals surface area contributed by atoms with E-state index in [4.69, 9.17) is 9.47 Å². The highest BCUT2D eigenvalue weighted by Crippen LogP contribution is 2.24. The summed E-state index contributed by atoms with van der Waals surface area (Å²) in [4.78, 5) is 38.0. The second-order valence-corrected chi connectivity index (χ2v) is 9.98. The predicted molar refractivity (Wildman–Crippen MR) is 129 cm³/mol. The molecule has 0 aliphatic carbocycles. The van der Waals surface area contributed by atoms with Crippen LogP contribution in [0.25, 0.3) is 0 Å². The molecule has 2 amide bonds. The molecule has 7 nitrogen and oxygen atoms in total. The van der Waals surface area contributed by atoms with E-state index >= 15 is 0 Å². The molecule has 1 rings (SSSR count). The quantitative estimate of drug-likeness (QED) is 0.344. The highest BCUT2D eigenvalue weighted by Gasteiger charge is 2.32. The Kier molecular flexibility index (Phi) is 11.1. The van der Waals surface area contributed by atoms with E-state index in [1.54, 1.807) is 27.9 Å². The molecule has 0 spiro atoms. The van der Waals surface area contributed by atoms with Crippen molar-refractivity contribution in [2.75, 3.05) is 14.2 Å². The minimum Gasteiger partial charge on any atom is -0.497 e. The standard InChI is InChI=1S/C24H38N2O5S/c1-15(2)12-18(20(32)14-21(27)31-24(3,4)5)22(28)26-19(23(29)25-6)13-16-8-10-17(30-7)11-9-16/h8-11,15,18-20,32H,12-14H2,1-7H3,(H,25,29)(H,26,28)/t18-,19+,20+/m1/s1. The van der Waals surface area contributed by atoms with Crippen LogP contribution in [0.3, 0.4) is 0 Å². The van der Waals surface area contributed by atoms with Gasteiger partial charge in [0.1, 0.15) is 17.4 Å². The largest absolute Gasteiger partial charge is 0.497 e. The average Bonchev–Trinajstić information content (AvgIpc) is 2.69. The highest BCUT2D eigenvalue weighted by atomic mass is 32.1. The van der Waals surface area contributed by atoms with Gasteiger partial charge in [-0.3, -0.25) is 14.4 Å². The van der Waals surface area contributed by atoms with Gasteiger partial charge in [-0.15, -0.1) is 0 Å². The molecule has 0 fully saturated rings. The smallest absolute Gasteiger partial charge is 0.307 e. The minimum absolute atomic E-state index is 0.00824. The van der Waals surface area contributed by atoms with Gasteiger partial charge in [0.2, 0.25) is 11.8 Å². The van der Waals surface area contributed by atoms with Crippen molar-refractivity contribution in [3.63, 3.8) is 0 Å². The van der Waals surface area contributed by atoms with Crippen LogP contribution < -0.4 is 15.4 Å². The zero-order valence-electron chi connectivity index (χ0n) is 20.2. The van der Waals surface area contributed by atoms with E-state index < -0.39 is 28.8 Å². The van der Waals surface area contributed by atoms with Crippen LogP contribution >= 0.6 is 12.6 Å². The lowest BCUT2D eigenvalue weighted by molar-refractivity contribution is -0.155. The number of carbonyl (C=O) groups is 3. The van der Waals surface area contributed by atoms with Crippen LogP contribution in [0.4, 0.5) is 0 Å². The van der Waals surface area contributed by atoms with Crippen LogP contribution in [-0.4, -0.2) is 48.8 Å². The van der Waals surface area contributed by atoms with Gasteiger partial charge < -0.3 is 20.1 Å². The Balaban J connectivity index is 2.96. The summed E-state index contributed by atoms with van der Waals surface area (Å²) in [6.45, 7) is 9.39. The van der Waals surface area contributed by atoms with Crippen molar-refractivity contribution in [2.24, 2.45) is 11.8 Å². The van der Waals surface area contributed by atoms with E-state index in [-0.39, 0.29) is 24.2 Å². The molecule has 0 aliphatic heterocycles. The van der Waals surface area contributed by atoms with Gasteiger partial charge in [0.05, 0.1) is 19.4 Å². The van der Waals surface area contributed by atoms with Crippen molar-refractivity contribution in [3.8, 4) is 5.75 Å². The second kappa shape index (κ2) is 12.7. The molecule has 1 aromatic rings. The van der Waals surface area contributed by atoms with Crippen LogP contribution in [0.5, 0.6) is 5.75 Å². The lowest BCUT2D eigenvalue weighted by Gasteiger charge is -2.27. The molecule has 0 bridgehead atoms. The van der Waals surface area contributed by atoms with E-state index in [0.29, 0.717) is 18.6 Å². The molecule has 2 N–H and O–H groups in total. The van der Waals surface area contributed by atoms with Crippen LogP contribution in [0.2, 0.25) is 0 Å². The second-order valence-electron chi connectivity index (χ2n) is 9.32. The first-order valence-corrected chi connectivity index (χ1v) is 11.4. The third-order valence-electron chi connectivity index (χ3n) is 4.80. The maximum absolute atomic E-state index is 13.2. The van der Waals surface area contributed by atoms with Crippen molar-refractivity contribution in [2.45, 2.75) is 70.8 Å². The molecule has 0 unspecified atom stereocenters. The topological polar surface area (TPSA) is 93.7 Å². The maximum atomic E-state index is 13.2. The number of ether oxygens (including phenoxy) is 2. The first-order chi connectivity index (χ1) is 14.9. The molecule has 0 radical (unpaired) electrons. The van der Waals surface area contributed by atoms with E-state index in [1.165, 1.54) is 7.05 Å². The van der Waals surface area contributed by atoms with Gasteiger partial charge in [-0.2, -0.15) is 12.6 Å². The van der Waals surface area contributed by atoms with Crippen LogP contribution in [0.1, 0.15) is 53.0 Å². The molecule has 0 aromatic heterocycles. The maximum Gasteiger partial charge on any atom is 0.307 e. The fourth-order valence-electron chi connectivity index (χ4n) is 3.30. The summed E-state index contributed by atoms with van der Waals surface area (Å²) in [5.41, 5.74) is 0.277. The normalized spacial score (nSPS) is 14.3. The number of esters is 1. The number of thiol groups is 1.